The van der Waals surface area contributed by atoms with Crippen LogP contribution in [0, 0.1) is 12.8 Å². The van der Waals surface area contributed by atoms with Crippen LogP contribution in [0.1, 0.15) is 49.7 Å². The van der Waals surface area contributed by atoms with Gasteiger partial charge in [0, 0.05) is 25.4 Å². The Bertz CT molecular complexity index is 612. The van der Waals surface area contributed by atoms with Crippen LogP contribution < -0.4 is 5.32 Å². The standard InChI is InChI=1S/C18H25N3O/c1-5-14(6-2)18(22)20-16(17-19-11-12-21(17)4)15-9-7-13(3)8-10-15/h7-12,14,16H,5-6H2,1-4H3,(H,20,22). The number of hydrogen-bond donors (Lipinski definition) is 1. The fraction of sp³-hybridized carbons (Fsp3) is 0.444. The van der Waals surface area contributed by atoms with Crippen LogP contribution in [0.15, 0.2) is 36.7 Å². The normalized spacial score (nSPS) is 12.4. The number of aromatic nitrogens is 2. The minimum absolute atomic E-state index is 0.0493. The fourth-order valence-electron chi connectivity index (χ4n) is 2.63. The first-order chi connectivity index (χ1) is 10.6. The first-order valence-electron chi connectivity index (χ1n) is 7.91. The van der Waals surface area contributed by atoms with Crippen LogP contribution in [0.4, 0.5) is 0 Å². The van der Waals surface area contributed by atoms with E-state index in [0.717, 1.165) is 24.2 Å². The molecule has 22 heavy (non-hydrogen) atoms. The summed E-state index contributed by atoms with van der Waals surface area (Å²) in [5.41, 5.74) is 2.26. The molecule has 1 aromatic carbocycles. The van der Waals surface area contributed by atoms with Crippen molar-refractivity contribution in [2.75, 3.05) is 0 Å². The van der Waals surface area contributed by atoms with Crippen molar-refractivity contribution in [3.63, 3.8) is 0 Å². The molecule has 118 valence electrons. The maximum atomic E-state index is 12.5. The SMILES string of the molecule is CCC(CC)C(=O)NC(c1ccc(C)cc1)c1nccn1C. The van der Waals surface area contributed by atoms with E-state index in [1.165, 1.54) is 5.56 Å². The monoisotopic (exact) mass is 299 g/mol. The summed E-state index contributed by atoms with van der Waals surface area (Å²) >= 11 is 0. The number of hydrogen-bond acceptors (Lipinski definition) is 2. The van der Waals surface area contributed by atoms with Gasteiger partial charge in [0.25, 0.3) is 0 Å². The third-order valence-electron chi connectivity index (χ3n) is 4.17. The summed E-state index contributed by atoms with van der Waals surface area (Å²) < 4.78 is 1.96. The van der Waals surface area contributed by atoms with Crippen LogP contribution in [-0.2, 0) is 11.8 Å². The fourth-order valence-corrected chi connectivity index (χ4v) is 2.63. The molecule has 4 nitrogen and oxygen atoms in total. The highest BCUT2D eigenvalue weighted by atomic mass is 16.1. The summed E-state index contributed by atoms with van der Waals surface area (Å²) in [7, 11) is 1.95. The van der Waals surface area contributed by atoms with E-state index in [1.807, 2.05) is 17.8 Å². The maximum Gasteiger partial charge on any atom is 0.223 e. The first-order valence-corrected chi connectivity index (χ1v) is 7.91. The molecule has 2 aromatic rings. The van der Waals surface area contributed by atoms with Crippen LogP contribution in [0.25, 0.3) is 0 Å². The van der Waals surface area contributed by atoms with Crippen molar-refractivity contribution in [1.82, 2.24) is 14.9 Å². The van der Waals surface area contributed by atoms with Crippen molar-refractivity contribution in [1.29, 1.82) is 0 Å². The predicted molar refractivity (Wildman–Crippen MR) is 88.4 cm³/mol. The van der Waals surface area contributed by atoms with Crippen LogP contribution in [0.3, 0.4) is 0 Å². The highest BCUT2D eigenvalue weighted by molar-refractivity contribution is 5.79. The average molecular weight is 299 g/mol. The lowest BCUT2D eigenvalue weighted by molar-refractivity contribution is -0.125. The van der Waals surface area contributed by atoms with Gasteiger partial charge in [0.15, 0.2) is 0 Å². The molecule has 1 unspecified atom stereocenters. The van der Waals surface area contributed by atoms with Crippen molar-refractivity contribution in [2.24, 2.45) is 13.0 Å². The summed E-state index contributed by atoms with van der Waals surface area (Å²) in [5.74, 6) is 0.995. The van der Waals surface area contributed by atoms with E-state index in [-0.39, 0.29) is 17.9 Å². The van der Waals surface area contributed by atoms with E-state index in [2.05, 4.69) is 55.3 Å². The number of aryl methyl sites for hydroxylation is 2. The molecule has 0 fully saturated rings. The van der Waals surface area contributed by atoms with Gasteiger partial charge in [0.05, 0.1) is 0 Å². The molecule has 0 aliphatic rings. The molecule has 2 rings (SSSR count). The van der Waals surface area contributed by atoms with Gasteiger partial charge < -0.3 is 9.88 Å². The Balaban J connectivity index is 2.32. The number of nitrogens with zero attached hydrogens (tertiary/aromatic N) is 2. The summed E-state index contributed by atoms with van der Waals surface area (Å²) in [6.07, 6.45) is 5.37. The molecule has 1 aromatic heterocycles. The lowest BCUT2D eigenvalue weighted by Gasteiger charge is -2.22. The molecule has 0 aliphatic carbocycles. The van der Waals surface area contributed by atoms with Crippen molar-refractivity contribution < 1.29 is 4.79 Å². The van der Waals surface area contributed by atoms with Crippen LogP contribution in [0.5, 0.6) is 0 Å². The number of amides is 1. The Hall–Kier alpha value is -2.10. The van der Waals surface area contributed by atoms with Crippen LogP contribution in [-0.4, -0.2) is 15.5 Å². The third-order valence-corrected chi connectivity index (χ3v) is 4.17. The van der Waals surface area contributed by atoms with Gasteiger partial charge in [-0.25, -0.2) is 4.98 Å². The number of rotatable bonds is 6. The summed E-state index contributed by atoms with van der Waals surface area (Å²) in [4.78, 5) is 16.9. The Morgan fingerprint density at radius 1 is 1.23 bits per heavy atom. The van der Waals surface area contributed by atoms with Gasteiger partial charge in [0.2, 0.25) is 5.91 Å². The number of carbonyl (C=O) groups is 1. The molecule has 1 heterocycles. The van der Waals surface area contributed by atoms with Gasteiger partial charge >= 0.3 is 0 Å². The number of benzene rings is 1. The molecule has 0 radical (unpaired) electrons. The molecular weight excluding hydrogens is 274 g/mol. The van der Waals surface area contributed by atoms with E-state index >= 15 is 0 Å². The van der Waals surface area contributed by atoms with E-state index < -0.39 is 0 Å². The van der Waals surface area contributed by atoms with Gasteiger partial charge in [-0.1, -0.05) is 43.7 Å². The highest BCUT2D eigenvalue weighted by Gasteiger charge is 2.23. The van der Waals surface area contributed by atoms with Gasteiger partial charge in [-0.3, -0.25) is 4.79 Å². The zero-order valence-corrected chi connectivity index (χ0v) is 13.8. The summed E-state index contributed by atoms with van der Waals surface area (Å²) in [6.45, 7) is 6.16. The molecule has 0 saturated heterocycles. The zero-order chi connectivity index (χ0) is 16.1. The molecule has 4 heteroatoms. The third kappa shape index (κ3) is 3.56. The first kappa shape index (κ1) is 16.3. The maximum absolute atomic E-state index is 12.5. The number of carbonyl (C=O) groups excluding carboxylic acids is 1. The Morgan fingerprint density at radius 3 is 2.36 bits per heavy atom. The minimum atomic E-state index is -0.214. The topological polar surface area (TPSA) is 46.9 Å². The number of nitrogens with one attached hydrogen (secondary N) is 1. The van der Waals surface area contributed by atoms with E-state index in [9.17, 15) is 4.79 Å². The second-order valence-corrected chi connectivity index (χ2v) is 5.76. The number of imidazole rings is 1. The zero-order valence-electron chi connectivity index (χ0n) is 13.8. The second kappa shape index (κ2) is 7.25. The van der Waals surface area contributed by atoms with Gasteiger partial charge in [-0.2, -0.15) is 0 Å². The Labute approximate surface area is 132 Å². The summed E-state index contributed by atoms with van der Waals surface area (Å²) in [6, 6.07) is 8.03. The van der Waals surface area contributed by atoms with Gasteiger partial charge in [-0.05, 0) is 25.3 Å². The molecular formula is C18H25N3O. The lowest BCUT2D eigenvalue weighted by atomic mass is 9.99. The lowest BCUT2D eigenvalue weighted by Crippen LogP contribution is -2.35. The molecule has 1 amide bonds. The van der Waals surface area contributed by atoms with Crippen molar-refractivity contribution in [3.05, 3.63) is 53.6 Å². The minimum Gasteiger partial charge on any atom is -0.342 e. The molecule has 0 saturated carbocycles. The largest absolute Gasteiger partial charge is 0.342 e. The van der Waals surface area contributed by atoms with Crippen LogP contribution >= 0.6 is 0 Å². The van der Waals surface area contributed by atoms with E-state index in [4.69, 9.17) is 0 Å². The Morgan fingerprint density at radius 2 is 1.86 bits per heavy atom. The molecule has 1 atom stereocenters. The van der Waals surface area contributed by atoms with Crippen molar-refractivity contribution in [2.45, 2.75) is 39.7 Å². The quantitative estimate of drug-likeness (QED) is 0.889. The average Bonchev–Trinajstić information content (AvgIpc) is 2.93. The second-order valence-electron chi connectivity index (χ2n) is 5.76. The van der Waals surface area contributed by atoms with Crippen LogP contribution in [0.2, 0.25) is 0 Å². The molecule has 0 aliphatic heterocycles. The predicted octanol–water partition coefficient (Wildman–Crippen LogP) is 3.37. The highest BCUT2D eigenvalue weighted by Crippen LogP contribution is 2.22. The Kier molecular flexibility index (Phi) is 5.36. The van der Waals surface area contributed by atoms with E-state index in [0.29, 0.717) is 0 Å². The van der Waals surface area contributed by atoms with Crippen molar-refractivity contribution in [3.8, 4) is 0 Å². The van der Waals surface area contributed by atoms with Gasteiger partial charge in [-0.15, -0.1) is 0 Å². The van der Waals surface area contributed by atoms with Gasteiger partial charge in [0.1, 0.15) is 11.9 Å². The van der Waals surface area contributed by atoms with Crippen molar-refractivity contribution >= 4 is 5.91 Å². The molecule has 0 spiro atoms. The smallest absolute Gasteiger partial charge is 0.223 e. The molecule has 1 N–H and O–H groups in total. The molecule has 0 bridgehead atoms. The van der Waals surface area contributed by atoms with E-state index in [1.54, 1.807) is 6.20 Å². The summed E-state index contributed by atoms with van der Waals surface area (Å²) in [5, 5.41) is 3.18.